The number of nitrogens with zero attached hydrogens (tertiary/aromatic N) is 2. The van der Waals surface area contributed by atoms with E-state index in [2.05, 4.69) is 30.6 Å². The van der Waals surface area contributed by atoms with Crippen LogP contribution in [0, 0.1) is 5.92 Å². The van der Waals surface area contributed by atoms with E-state index in [1.165, 1.54) is 6.33 Å². The molecule has 1 saturated heterocycles. The lowest BCUT2D eigenvalue weighted by Gasteiger charge is -2.33. The Bertz CT molecular complexity index is 1460. The molecule has 4 atom stereocenters. The van der Waals surface area contributed by atoms with E-state index in [0.717, 1.165) is 37.7 Å². The number of H-pyrrole nitrogens is 1. The SMILES string of the molecule is CC(C)S(=O)(=O)NCCC[C@H](O)[C@H](CC1CCCCC1)NC(=O)[C@H](Cc1c[nH]cn1)NC(=O)[C@H](Cc1ccccc1)NC(=O)N1CCC(N)CC1. The minimum Gasteiger partial charge on any atom is -0.391 e. The van der Waals surface area contributed by atoms with Crippen LogP contribution >= 0.6 is 0 Å². The molecule has 4 amide bonds. The summed E-state index contributed by atoms with van der Waals surface area (Å²) < 4.78 is 27.0. The molecule has 1 aliphatic carbocycles. The van der Waals surface area contributed by atoms with Gasteiger partial charge in [-0.05, 0) is 57.4 Å². The number of rotatable bonds is 18. The van der Waals surface area contributed by atoms with E-state index in [1.54, 1.807) is 24.9 Å². The molecule has 51 heavy (non-hydrogen) atoms. The Morgan fingerprint density at radius 3 is 2.27 bits per heavy atom. The van der Waals surface area contributed by atoms with Gasteiger partial charge in [-0.2, -0.15) is 0 Å². The number of piperidine rings is 1. The third-order valence-corrected chi connectivity index (χ3v) is 11.9. The fourth-order valence-electron chi connectivity index (χ4n) is 6.77. The topological polar surface area (TPSA) is 212 Å². The predicted octanol–water partition coefficient (Wildman–Crippen LogP) is 2.11. The number of aliphatic hydroxyl groups is 1. The van der Waals surface area contributed by atoms with Gasteiger partial charge in [0, 0.05) is 44.7 Å². The number of imidazole rings is 1. The molecule has 0 spiro atoms. The minimum absolute atomic E-state index is 0.0388. The van der Waals surface area contributed by atoms with E-state index < -0.39 is 51.3 Å². The molecule has 284 valence electrons. The van der Waals surface area contributed by atoms with Crippen LogP contribution in [-0.2, 0) is 32.5 Å². The van der Waals surface area contributed by atoms with Crippen LogP contribution in [-0.4, -0.2) is 101 Å². The molecule has 2 heterocycles. The number of nitrogens with two attached hydrogens (primary N) is 1. The summed E-state index contributed by atoms with van der Waals surface area (Å²) in [7, 11) is -3.43. The molecule has 1 aromatic carbocycles. The molecule has 0 bridgehead atoms. The van der Waals surface area contributed by atoms with Gasteiger partial charge >= 0.3 is 6.03 Å². The Hall–Kier alpha value is -3.53. The Morgan fingerprint density at radius 1 is 0.961 bits per heavy atom. The zero-order chi connectivity index (χ0) is 36.8. The molecule has 15 heteroatoms. The van der Waals surface area contributed by atoms with Crippen molar-refractivity contribution in [1.29, 1.82) is 0 Å². The van der Waals surface area contributed by atoms with Gasteiger partial charge in [0.25, 0.3) is 0 Å². The highest BCUT2D eigenvalue weighted by molar-refractivity contribution is 7.90. The normalized spacial score (nSPS) is 18.5. The highest BCUT2D eigenvalue weighted by Gasteiger charge is 2.33. The van der Waals surface area contributed by atoms with Gasteiger partial charge in [-0.15, -0.1) is 0 Å². The van der Waals surface area contributed by atoms with Crippen LogP contribution in [0.25, 0.3) is 0 Å². The van der Waals surface area contributed by atoms with Crippen molar-refractivity contribution in [3.63, 3.8) is 0 Å². The van der Waals surface area contributed by atoms with Crippen molar-refractivity contribution in [3.05, 3.63) is 54.1 Å². The molecule has 2 aromatic rings. The number of nitrogens with one attached hydrogen (secondary N) is 5. The number of aromatic amines is 1. The average molecular weight is 731 g/mol. The molecule has 14 nitrogen and oxygen atoms in total. The number of aromatic nitrogens is 2. The maximum Gasteiger partial charge on any atom is 0.318 e. The second kappa shape index (κ2) is 19.9. The number of benzene rings is 1. The van der Waals surface area contributed by atoms with Crippen molar-refractivity contribution in [2.45, 2.75) is 126 Å². The number of sulfonamides is 1. The van der Waals surface area contributed by atoms with Crippen molar-refractivity contribution in [2.75, 3.05) is 19.6 Å². The summed E-state index contributed by atoms with van der Waals surface area (Å²) in [6, 6.07) is 6.41. The van der Waals surface area contributed by atoms with Gasteiger partial charge in [-0.3, -0.25) is 9.59 Å². The van der Waals surface area contributed by atoms with Crippen LogP contribution in [0.2, 0.25) is 0 Å². The van der Waals surface area contributed by atoms with Crippen molar-refractivity contribution in [1.82, 2.24) is 35.5 Å². The Morgan fingerprint density at radius 2 is 1.63 bits per heavy atom. The van der Waals surface area contributed by atoms with Crippen molar-refractivity contribution >= 4 is 27.9 Å². The largest absolute Gasteiger partial charge is 0.391 e. The fraction of sp³-hybridized carbons (Fsp3) is 0.667. The van der Waals surface area contributed by atoms with Gasteiger partial charge in [0.15, 0.2) is 0 Å². The van der Waals surface area contributed by atoms with Crippen LogP contribution in [0.4, 0.5) is 4.79 Å². The van der Waals surface area contributed by atoms with Gasteiger partial charge in [0.1, 0.15) is 12.1 Å². The van der Waals surface area contributed by atoms with Crippen molar-refractivity contribution in [3.8, 4) is 0 Å². The maximum absolute atomic E-state index is 14.1. The maximum atomic E-state index is 14.1. The summed E-state index contributed by atoms with van der Waals surface area (Å²) in [4.78, 5) is 50.3. The Kier molecular flexibility index (Phi) is 15.7. The molecule has 0 unspecified atom stereocenters. The first kappa shape index (κ1) is 40.2. The molecule has 2 aliphatic rings. The number of carbonyl (C=O) groups excluding carboxylic acids is 3. The zero-order valence-corrected chi connectivity index (χ0v) is 30.9. The lowest BCUT2D eigenvalue weighted by Crippen LogP contribution is -2.59. The van der Waals surface area contributed by atoms with Crippen LogP contribution in [0.3, 0.4) is 0 Å². The quantitative estimate of drug-likeness (QED) is 0.113. The van der Waals surface area contributed by atoms with E-state index in [1.807, 2.05) is 30.3 Å². The molecule has 8 N–H and O–H groups in total. The molecular weight excluding hydrogens is 673 g/mol. The zero-order valence-electron chi connectivity index (χ0n) is 30.1. The number of urea groups is 1. The average Bonchev–Trinajstić information content (AvgIpc) is 3.63. The van der Waals surface area contributed by atoms with Crippen molar-refractivity contribution < 1.29 is 27.9 Å². The standard InChI is InChI=1S/C36H58N8O6S/c1-25(2)51(49,50)40-17-9-14-33(45)30(20-26-10-5-3-6-11-26)41-35(47)32(22-29-23-38-24-39-29)42-34(46)31(21-27-12-7-4-8-13-27)43-36(48)44-18-15-28(37)16-19-44/h4,7-8,12-13,23-26,28,30-33,40,45H,3,5-6,9-11,14-22,37H2,1-2H3,(H,38,39)(H,41,47)(H,42,46)(H,43,48)/t30-,31-,32-,33-/m0/s1. The van der Waals surface area contributed by atoms with E-state index in [4.69, 9.17) is 5.73 Å². The second-order valence-electron chi connectivity index (χ2n) is 14.4. The second-order valence-corrected chi connectivity index (χ2v) is 16.7. The molecule has 0 radical (unpaired) electrons. The highest BCUT2D eigenvalue weighted by atomic mass is 32.2. The number of carbonyl (C=O) groups is 3. The molecule has 4 rings (SSSR count). The van der Waals surface area contributed by atoms with Gasteiger partial charge in [-0.1, -0.05) is 62.4 Å². The Balaban J connectivity index is 1.49. The highest BCUT2D eigenvalue weighted by Crippen LogP contribution is 2.28. The minimum atomic E-state index is -3.43. The van der Waals surface area contributed by atoms with E-state index in [9.17, 15) is 27.9 Å². The number of amides is 4. The molecule has 1 saturated carbocycles. The smallest absolute Gasteiger partial charge is 0.318 e. The first-order chi connectivity index (χ1) is 24.4. The number of likely N-dealkylation sites (tertiary alicyclic amines) is 1. The first-order valence-electron chi connectivity index (χ1n) is 18.5. The summed E-state index contributed by atoms with van der Waals surface area (Å²) in [5, 5.41) is 19.7. The van der Waals surface area contributed by atoms with Gasteiger partial charge in [0.2, 0.25) is 21.8 Å². The summed E-state index contributed by atoms with van der Waals surface area (Å²) in [6.07, 6.45) is 10.5. The van der Waals surface area contributed by atoms with Gasteiger partial charge in [0.05, 0.1) is 29.4 Å². The lowest BCUT2D eigenvalue weighted by molar-refractivity contribution is -0.131. The van der Waals surface area contributed by atoms with Crippen molar-refractivity contribution in [2.24, 2.45) is 11.7 Å². The van der Waals surface area contributed by atoms with Crippen LogP contribution in [0.1, 0.15) is 89.3 Å². The molecule has 1 aliphatic heterocycles. The van der Waals surface area contributed by atoms with Crippen LogP contribution in [0.5, 0.6) is 0 Å². The summed E-state index contributed by atoms with van der Waals surface area (Å²) >= 11 is 0. The fourth-order valence-corrected chi connectivity index (χ4v) is 7.53. The molecule has 2 fully saturated rings. The van der Waals surface area contributed by atoms with E-state index in [-0.39, 0.29) is 37.9 Å². The molecular formula is C36H58N8O6S. The number of hydrogen-bond donors (Lipinski definition) is 7. The van der Waals surface area contributed by atoms with E-state index >= 15 is 0 Å². The summed E-state index contributed by atoms with van der Waals surface area (Å²) in [6.45, 7) is 4.37. The van der Waals surface area contributed by atoms with Crippen LogP contribution in [0.15, 0.2) is 42.9 Å². The monoisotopic (exact) mass is 730 g/mol. The lowest BCUT2D eigenvalue weighted by atomic mass is 9.83. The summed E-state index contributed by atoms with van der Waals surface area (Å²) in [5.41, 5.74) is 7.45. The van der Waals surface area contributed by atoms with E-state index in [0.29, 0.717) is 50.4 Å². The van der Waals surface area contributed by atoms with Gasteiger partial charge < -0.3 is 36.7 Å². The first-order valence-corrected chi connectivity index (χ1v) is 20.1. The number of hydrogen-bond acceptors (Lipinski definition) is 8. The third-order valence-electron chi connectivity index (χ3n) is 10.0. The third kappa shape index (κ3) is 13.2. The predicted molar refractivity (Wildman–Crippen MR) is 196 cm³/mol. The molecule has 1 aromatic heterocycles. The Labute approximate surface area is 302 Å². The number of aliphatic hydroxyl groups excluding tert-OH is 1. The summed E-state index contributed by atoms with van der Waals surface area (Å²) in [5.74, 6) is -0.660. The van der Waals surface area contributed by atoms with Crippen LogP contribution < -0.4 is 26.4 Å². The van der Waals surface area contributed by atoms with Gasteiger partial charge in [-0.25, -0.2) is 22.9 Å².